The second kappa shape index (κ2) is 6.43. The van der Waals surface area contributed by atoms with E-state index in [0.717, 1.165) is 6.07 Å². The minimum Gasteiger partial charge on any atom is -0.457 e. The average Bonchev–Trinajstić information content (AvgIpc) is 2.45. The van der Waals surface area contributed by atoms with Crippen LogP contribution in [-0.4, -0.2) is 14.4 Å². The van der Waals surface area contributed by atoms with Crippen LogP contribution in [0.1, 0.15) is 15.9 Å². The molecule has 116 valence electrons. The van der Waals surface area contributed by atoms with E-state index in [1.54, 1.807) is 6.07 Å². The molecule has 8 heteroatoms. The minimum atomic E-state index is -4.06. The van der Waals surface area contributed by atoms with Gasteiger partial charge >= 0.3 is 5.97 Å². The van der Waals surface area contributed by atoms with Crippen molar-refractivity contribution in [2.24, 2.45) is 5.14 Å². The third-order valence-corrected chi connectivity index (χ3v) is 4.18. The van der Waals surface area contributed by atoms with Crippen LogP contribution >= 0.6 is 11.6 Å². The molecule has 2 aromatic rings. The van der Waals surface area contributed by atoms with Gasteiger partial charge < -0.3 is 4.74 Å². The first-order valence-corrected chi connectivity index (χ1v) is 7.94. The first kappa shape index (κ1) is 16.4. The lowest BCUT2D eigenvalue weighted by molar-refractivity contribution is 0.0468. The van der Waals surface area contributed by atoms with Crippen LogP contribution in [0.4, 0.5) is 4.39 Å². The smallest absolute Gasteiger partial charge is 0.338 e. The van der Waals surface area contributed by atoms with E-state index in [1.165, 1.54) is 30.3 Å². The summed E-state index contributed by atoms with van der Waals surface area (Å²) in [5.74, 6) is -1.32. The van der Waals surface area contributed by atoms with Crippen LogP contribution in [0.5, 0.6) is 0 Å². The Morgan fingerprint density at radius 1 is 1.23 bits per heavy atom. The van der Waals surface area contributed by atoms with E-state index in [9.17, 15) is 17.6 Å². The summed E-state index contributed by atoms with van der Waals surface area (Å²) in [6, 6.07) is 9.36. The molecule has 0 saturated carbocycles. The van der Waals surface area contributed by atoms with Crippen LogP contribution < -0.4 is 5.14 Å². The molecular weight excluding hydrogens is 333 g/mol. The predicted octanol–water partition coefficient (Wildman–Crippen LogP) is 2.48. The maximum absolute atomic E-state index is 13.4. The van der Waals surface area contributed by atoms with Gasteiger partial charge in [0.05, 0.1) is 10.6 Å². The van der Waals surface area contributed by atoms with Gasteiger partial charge in [-0.15, -0.1) is 0 Å². The van der Waals surface area contributed by atoms with E-state index < -0.39 is 21.8 Å². The summed E-state index contributed by atoms with van der Waals surface area (Å²) in [4.78, 5) is 11.5. The Bertz CT molecular complexity index is 823. The van der Waals surface area contributed by atoms with Crippen LogP contribution in [0.3, 0.4) is 0 Å². The van der Waals surface area contributed by atoms with Gasteiger partial charge in [0.25, 0.3) is 0 Å². The highest BCUT2D eigenvalue weighted by Crippen LogP contribution is 2.22. The van der Waals surface area contributed by atoms with Crippen LogP contribution in [0, 0.1) is 5.82 Å². The topological polar surface area (TPSA) is 86.5 Å². The SMILES string of the molecule is NS(=O)(=O)c1cc(C(=O)OCc2ccccc2F)ccc1Cl. The van der Waals surface area contributed by atoms with E-state index in [0.29, 0.717) is 0 Å². The van der Waals surface area contributed by atoms with E-state index in [2.05, 4.69) is 0 Å². The van der Waals surface area contributed by atoms with Crippen molar-refractivity contribution in [3.8, 4) is 0 Å². The number of nitrogens with two attached hydrogens (primary N) is 1. The maximum Gasteiger partial charge on any atom is 0.338 e. The molecule has 0 amide bonds. The second-order valence-electron chi connectivity index (χ2n) is 4.36. The van der Waals surface area contributed by atoms with Gasteiger partial charge in [-0.25, -0.2) is 22.7 Å². The lowest BCUT2D eigenvalue weighted by Crippen LogP contribution is -2.14. The number of primary sulfonamides is 1. The number of rotatable bonds is 4. The van der Waals surface area contributed by atoms with Crippen molar-refractivity contribution in [2.75, 3.05) is 0 Å². The van der Waals surface area contributed by atoms with Crippen LogP contribution in [0.2, 0.25) is 5.02 Å². The summed E-state index contributed by atoms with van der Waals surface area (Å²) in [7, 11) is -4.06. The molecule has 0 unspecified atom stereocenters. The normalized spacial score (nSPS) is 11.2. The summed E-state index contributed by atoms with van der Waals surface area (Å²) < 4.78 is 41.0. The Labute approximate surface area is 131 Å². The monoisotopic (exact) mass is 343 g/mol. The number of carbonyl (C=O) groups is 1. The standard InChI is InChI=1S/C14H11ClFNO4S/c15-11-6-5-9(7-13(11)22(17,19)20)14(18)21-8-10-3-1-2-4-12(10)16/h1-7H,8H2,(H2,17,19,20). The molecule has 0 atom stereocenters. The number of hydrogen-bond donors (Lipinski definition) is 1. The lowest BCUT2D eigenvalue weighted by Gasteiger charge is -2.08. The van der Waals surface area contributed by atoms with Crippen molar-refractivity contribution in [1.82, 2.24) is 0 Å². The predicted molar refractivity (Wildman–Crippen MR) is 78.3 cm³/mol. The fraction of sp³-hybridized carbons (Fsp3) is 0.0714. The van der Waals surface area contributed by atoms with Crippen molar-refractivity contribution in [2.45, 2.75) is 11.5 Å². The first-order chi connectivity index (χ1) is 10.3. The molecule has 0 spiro atoms. The second-order valence-corrected chi connectivity index (χ2v) is 6.29. The van der Waals surface area contributed by atoms with Crippen LogP contribution in [-0.2, 0) is 21.4 Å². The van der Waals surface area contributed by atoms with Crippen molar-refractivity contribution < 1.29 is 22.3 Å². The molecule has 2 rings (SSSR count). The Morgan fingerprint density at radius 3 is 2.55 bits per heavy atom. The van der Waals surface area contributed by atoms with Crippen molar-refractivity contribution >= 4 is 27.6 Å². The van der Waals surface area contributed by atoms with Gasteiger partial charge in [-0.3, -0.25) is 0 Å². The molecule has 0 bridgehead atoms. The van der Waals surface area contributed by atoms with Gasteiger partial charge in [0.2, 0.25) is 10.0 Å². The van der Waals surface area contributed by atoms with Crippen molar-refractivity contribution in [3.05, 3.63) is 64.4 Å². The van der Waals surface area contributed by atoms with Crippen LogP contribution in [0.15, 0.2) is 47.4 Å². The maximum atomic E-state index is 13.4. The Hall–Kier alpha value is -1.96. The largest absolute Gasteiger partial charge is 0.457 e. The Kier molecular flexibility index (Phi) is 4.80. The lowest BCUT2D eigenvalue weighted by atomic mass is 10.2. The summed E-state index contributed by atoms with van der Waals surface area (Å²) >= 11 is 5.72. The van der Waals surface area contributed by atoms with Crippen molar-refractivity contribution in [3.63, 3.8) is 0 Å². The molecule has 0 aliphatic heterocycles. The molecular formula is C14H11ClFNO4S. The van der Waals surface area contributed by atoms with E-state index in [-0.39, 0.29) is 27.7 Å². The van der Waals surface area contributed by atoms with Gasteiger partial charge in [-0.2, -0.15) is 0 Å². The molecule has 0 aromatic heterocycles. The summed E-state index contributed by atoms with van der Waals surface area (Å²) in [5, 5.41) is 4.89. The number of sulfonamides is 1. The van der Waals surface area contributed by atoms with E-state index in [1.807, 2.05) is 0 Å². The Morgan fingerprint density at radius 2 is 1.91 bits per heavy atom. The molecule has 2 aromatic carbocycles. The van der Waals surface area contributed by atoms with E-state index in [4.69, 9.17) is 21.5 Å². The summed E-state index contributed by atoms with van der Waals surface area (Å²) in [5.41, 5.74) is 0.154. The molecule has 22 heavy (non-hydrogen) atoms. The van der Waals surface area contributed by atoms with Gasteiger partial charge in [-0.05, 0) is 24.3 Å². The zero-order valence-electron chi connectivity index (χ0n) is 11.1. The van der Waals surface area contributed by atoms with E-state index >= 15 is 0 Å². The fourth-order valence-corrected chi connectivity index (χ4v) is 2.76. The van der Waals surface area contributed by atoms with Gasteiger partial charge in [-0.1, -0.05) is 29.8 Å². The third-order valence-electron chi connectivity index (χ3n) is 2.79. The van der Waals surface area contributed by atoms with Gasteiger partial charge in [0.15, 0.2) is 0 Å². The van der Waals surface area contributed by atoms with Gasteiger partial charge in [0.1, 0.15) is 17.3 Å². The number of ether oxygens (including phenoxy) is 1. The molecule has 0 saturated heterocycles. The minimum absolute atomic E-state index is 0.0511. The quantitative estimate of drug-likeness (QED) is 0.864. The summed E-state index contributed by atoms with van der Waals surface area (Å²) in [6.45, 7) is -0.279. The number of esters is 1. The molecule has 5 nitrogen and oxygen atoms in total. The molecule has 0 fully saturated rings. The number of halogens is 2. The number of hydrogen-bond acceptors (Lipinski definition) is 4. The van der Waals surface area contributed by atoms with Crippen LogP contribution in [0.25, 0.3) is 0 Å². The number of benzene rings is 2. The molecule has 0 aliphatic rings. The first-order valence-electron chi connectivity index (χ1n) is 6.02. The zero-order chi connectivity index (χ0) is 16.3. The molecule has 2 N–H and O–H groups in total. The highest BCUT2D eigenvalue weighted by atomic mass is 35.5. The molecule has 0 aliphatic carbocycles. The summed E-state index contributed by atoms with van der Waals surface area (Å²) in [6.07, 6.45) is 0. The molecule has 0 radical (unpaired) electrons. The highest BCUT2D eigenvalue weighted by molar-refractivity contribution is 7.89. The fourth-order valence-electron chi connectivity index (χ4n) is 1.69. The van der Waals surface area contributed by atoms with Gasteiger partial charge in [0, 0.05) is 5.56 Å². The zero-order valence-corrected chi connectivity index (χ0v) is 12.7. The molecule has 0 heterocycles. The number of carbonyl (C=O) groups excluding carboxylic acids is 1. The van der Waals surface area contributed by atoms with Crippen molar-refractivity contribution in [1.29, 1.82) is 0 Å². The highest BCUT2D eigenvalue weighted by Gasteiger charge is 2.17. The average molecular weight is 344 g/mol. The Balaban J connectivity index is 2.19. The third kappa shape index (κ3) is 3.82.